The third-order valence-corrected chi connectivity index (χ3v) is 6.53. The molecule has 0 saturated carbocycles. The normalized spacial score (nSPS) is 11.0. The molecule has 0 saturated heterocycles. The summed E-state index contributed by atoms with van der Waals surface area (Å²) in [4.78, 5) is 37.5. The molecule has 0 spiro atoms. The third-order valence-electron chi connectivity index (χ3n) is 6.30. The topological polar surface area (TPSA) is 94.7 Å². The van der Waals surface area contributed by atoms with Crippen LogP contribution in [0.5, 0.6) is 11.5 Å². The summed E-state index contributed by atoms with van der Waals surface area (Å²) >= 11 is 6.29. The van der Waals surface area contributed by atoms with Crippen molar-refractivity contribution < 1.29 is 9.47 Å². The van der Waals surface area contributed by atoms with E-state index < -0.39 is 5.69 Å². The molecule has 0 unspecified atom stereocenters. The lowest BCUT2D eigenvalue weighted by molar-refractivity contribution is 0.217. The molecule has 2 heterocycles. The molecule has 0 aliphatic heterocycles. The van der Waals surface area contributed by atoms with E-state index in [1.165, 1.54) is 9.13 Å². The highest BCUT2D eigenvalue weighted by atomic mass is 35.5. The molecule has 10 nitrogen and oxygen atoms in total. The van der Waals surface area contributed by atoms with Gasteiger partial charge in [0.15, 0.2) is 0 Å². The zero-order chi connectivity index (χ0) is 29.1. The Morgan fingerprint density at radius 2 is 1.41 bits per heavy atom. The molecule has 0 amide bonds. The van der Waals surface area contributed by atoms with Crippen molar-refractivity contribution in [3.05, 3.63) is 105 Å². The van der Waals surface area contributed by atoms with Crippen LogP contribution < -0.4 is 30.7 Å². The van der Waals surface area contributed by atoms with Crippen LogP contribution in [0.25, 0.3) is 22.3 Å². The van der Waals surface area contributed by atoms with E-state index >= 15 is 0 Å². The van der Waals surface area contributed by atoms with Gasteiger partial charge in [-0.05, 0) is 48.5 Å². The Morgan fingerprint density at radius 1 is 0.756 bits per heavy atom. The number of fused-ring (bicyclic) bond motifs is 1. The summed E-state index contributed by atoms with van der Waals surface area (Å²) in [7, 11) is 7.34. The molecule has 0 N–H and O–H groups in total. The number of hydrogen-bond donors (Lipinski definition) is 0. The van der Waals surface area contributed by atoms with Gasteiger partial charge in [0.25, 0.3) is 0 Å². The van der Waals surface area contributed by atoms with Gasteiger partial charge in [-0.3, -0.25) is 9.13 Å². The Kier molecular flexibility index (Phi) is 7.93. The van der Waals surface area contributed by atoms with Gasteiger partial charge in [-0.15, -0.1) is 0 Å². The minimum Gasteiger partial charge on any atom is -0.490 e. The zero-order valence-corrected chi connectivity index (χ0v) is 23.9. The van der Waals surface area contributed by atoms with Crippen LogP contribution in [-0.4, -0.2) is 60.5 Å². The largest absolute Gasteiger partial charge is 0.490 e. The quantitative estimate of drug-likeness (QED) is 0.243. The highest BCUT2D eigenvalue weighted by Gasteiger charge is 2.14. The van der Waals surface area contributed by atoms with Crippen molar-refractivity contribution in [2.75, 3.05) is 51.2 Å². The summed E-state index contributed by atoms with van der Waals surface area (Å²) in [5, 5.41) is 1.31. The molecular formula is C30H29ClN6O4. The van der Waals surface area contributed by atoms with Crippen molar-refractivity contribution in [2.24, 2.45) is 0 Å². The molecule has 0 atom stereocenters. The smallest absolute Gasteiger partial charge is 0.354 e. The molecule has 210 valence electrons. The number of halogens is 1. The molecule has 0 bridgehead atoms. The fourth-order valence-electron chi connectivity index (χ4n) is 4.37. The number of rotatable bonds is 9. The van der Waals surface area contributed by atoms with Crippen molar-refractivity contribution in [3.63, 3.8) is 0 Å². The molecule has 0 radical (unpaired) electrons. The van der Waals surface area contributed by atoms with E-state index in [-0.39, 0.29) is 18.9 Å². The van der Waals surface area contributed by atoms with Crippen LogP contribution in [-0.2, 0) is 0 Å². The van der Waals surface area contributed by atoms with Crippen molar-refractivity contribution in [3.8, 4) is 22.9 Å². The Morgan fingerprint density at radius 3 is 2.05 bits per heavy atom. The predicted octanol–water partition coefficient (Wildman–Crippen LogP) is 4.17. The predicted molar refractivity (Wildman–Crippen MR) is 162 cm³/mol. The molecule has 41 heavy (non-hydrogen) atoms. The summed E-state index contributed by atoms with van der Waals surface area (Å²) in [5.41, 5.74) is 1.09. The second-order valence-corrected chi connectivity index (χ2v) is 10.1. The van der Waals surface area contributed by atoms with Gasteiger partial charge in [-0.1, -0.05) is 23.7 Å². The minimum atomic E-state index is -0.422. The Bertz CT molecular complexity index is 1830. The number of anilines is 2. The monoisotopic (exact) mass is 572 g/mol. The van der Waals surface area contributed by atoms with Gasteiger partial charge in [-0.25, -0.2) is 9.59 Å². The standard InChI is InChI=1S/C30H29ClN6O4/c1-34(2)27-13-14-36(29(38)32-27)21-7-5-9-23(18-21)40-15-16-41-24-10-6-8-22(19-24)37-26-17-20(31)11-12-25(26)28(35(3)4)33-30(37)39/h5-14,17-19H,15-16H2,1-4H3. The van der Waals surface area contributed by atoms with Gasteiger partial charge < -0.3 is 19.3 Å². The van der Waals surface area contributed by atoms with Crippen molar-refractivity contribution >= 4 is 34.1 Å². The number of ether oxygens (including phenoxy) is 2. The molecule has 0 fully saturated rings. The zero-order valence-electron chi connectivity index (χ0n) is 23.1. The highest BCUT2D eigenvalue weighted by Crippen LogP contribution is 2.27. The van der Waals surface area contributed by atoms with E-state index in [1.807, 2.05) is 70.7 Å². The second kappa shape index (κ2) is 11.7. The van der Waals surface area contributed by atoms with Gasteiger partial charge in [0.1, 0.15) is 36.3 Å². The Hall–Kier alpha value is -4.83. The molecule has 11 heteroatoms. The molecular weight excluding hydrogens is 544 g/mol. The average Bonchev–Trinajstić information content (AvgIpc) is 2.95. The van der Waals surface area contributed by atoms with E-state index in [4.69, 9.17) is 21.1 Å². The number of aromatic nitrogens is 4. The van der Waals surface area contributed by atoms with E-state index in [0.717, 1.165) is 5.39 Å². The lowest BCUT2D eigenvalue weighted by atomic mass is 10.2. The first-order chi connectivity index (χ1) is 19.7. The summed E-state index contributed by atoms with van der Waals surface area (Å²) in [5.74, 6) is 2.31. The van der Waals surface area contributed by atoms with Crippen molar-refractivity contribution in [1.29, 1.82) is 0 Å². The molecule has 0 aliphatic rings. The van der Waals surface area contributed by atoms with Crippen LogP contribution in [0.3, 0.4) is 0 Å². The van der Waals surface area contributed by atoms with Crippen LogP contribution in [0.2, 0.25) is 5.02 Å². The van der Waals surface area contributed by atoms with Gasteiger partial charge in [-0.2, -0.15) is 9.97 Å². The second-order valence-electron chi connectivity index (χ2n) is 9.63. The first-order valence-electron chi connectivity index (χ1n) is 12.8. The maximum atomic E-state index is 13.1. The first kappa shape index (κ1) is 27.7. The van der Waals surface area contributed by atoms with Gasteiger partial charge >= 0.3 is 11.4 Å². The molecule has 0 aliphatic carbocycles. The van der Waals surface area contributed by atoms with Gasteiger partial charge in [0, 0.05) is 56.9 Å². The maximum absolute atomic E-state index is 13.1. The van der Waals surface area contributed by atoms with Crippen LogP contribution in [0.4, 0.5) is 11.6 Å². The van der Waals surface area contributed by atoms with E-state index in [9.17, 15) is 9.59 Å². The lowest BCUT2D eigenvalue weighted by Gasteiger charge is -2.18. The minimum absolute atomic E-state index is 0.256. The summed E-state index contributed by atoms with van der Waals surface area (Å²) in [6.45, 7) is 0.518. The van der Waals surface area contributed by atoms with Crippen LogP contribution in [0.15, 0.2) is 88.6 Å². The summed E-state index contributed by atoms with van der Waals surface area (Å²) < 4.78 is 14.8. The summed E-state index contributed by atoms with van der Waals surface area (Å²) in [6.07, 6.45) is 1.69. The van der Waals surface area contributed by atoms with Gasteiger partial charge in [0.2, 0.25) is 0 Å². The van der Waals surface area contributed by atoms with E-state index in [0.29, 0.717) is 45.0 Å². The highest BCUT2D eigenvalue weighted by molar-refractivity contribution is 6.31. The van der Waals surface area contributed by atoms with Crippen molar-refractivity contribution in [1.82, 2.24) is 19.1 Å². The summed E-state index contributed by atoms with van der Waals surface area (Å²) in [6, 6.07) is 21.6. The Labute approximate surface area is 241 Å². The van der Waals surface area contributed by atoms with Crippen molar-refractivity contribution in [2.45, 2.75) is 0 Å². The van der Waals surface area contributed by atoms with Crippen LogP contribution in [0.1, 0.15) is 0 Å². The number of hydrogen-bond acceptors (Lipinski definition) is 8. The maximum Gasteiger partial charge on any atom is 0.354 e. The number of benzene rings is 3. The average molecular weight is 573 g/mol. The Balaban J connectivity index is 1.30. The molecule has 2 aromatic heterocycles. The van der Waals surface area contributed by atoms with Crippen LogP contribution >= 0.6 is 11.6 Å². The molecule has 5 aromatic rings. The fraction of sp³-hybridized carbons (Fsp3) is 0.200. The van der Waals surface area contributed by atoms with Crippen LogP contribution in [0, 0.1) is 0 Å². The number of nitrogens with zero attached hydrogens (tertiary/aromatic N) is 6. The van der Waals surface area contributed by atoms with E-state index in [2.05, 4.69) is 9.97 Å². The fourth-order valence-corrected chi connectivity index (χ4v) is 4.53. The SMILES string of the molecule is CN(C)c1ccn(-c2cccc(OCCOc3cccc(-n4c(=O)nc(N(C)C)c5ccc(Cl)cc54)c3)c2)c(=O)n1. The molecule has 5 rings (SSSR count). The lowest BCUT2D eigenvalue weighted by Crippen LogP contribution is -2.25. The van der Waals surface area contributed by atoms with E-state index in [1.54, 1.807) is 46.3 Å². The molecule has 3 aromatic carbocycles. The third kappa shape index (κ3) is 6.02. The first-order valence-corrected chi connectivity index (χ1v) is 13.2. The van der Waals surface area contributed by atoms with Gasteiger partial charge in [0.05, 0.1) is 16.9 Å².